The van der Waals surface area contributed by atoms with Crippen molar-refractivity contribution < 1.29 is 14.3 Å². The van der Waals surface area contributed by atoms with Crippen LogP contribution in [-0.2, 0) is 9.47 Å². The molecule has 2 aliphatic heterocycles. The average molecular weight is 468 g/mol. The lowest BCUT2D eigenvalue weighted by atomic mass is 9.87. The highest BCUT2D eigenvalue weighted by molar-refractivity contribution is 14.0. The van der Waals surface area contributed by atoms with E-state index < -0.39 is 5.60 Å². The summed E-state index contributed by atoms with van der Waals surface area (Å²) in [5.74, 6) is 0.941. The van der Waals surface area contributed by atoms with Crippen molar-refractivity contribution in [1.82, 2.24) is 15.5 Å². The number of rotatable bonds is 4. The van der Waals surface area contributed by atoms with E-state index in [9.17, 15) is 4.79 Å². The van der Waals surface area contributed by atoms with Gasteiger partial charge >= 0.3 is 6.09 Å². The summed E-state index contributed by atoms with van der Waals surface area (Å²) in [6.07, 6.45) is 2.78. The van der Waals surface area contributed by atoms with E-state index in [0.29, 0.717) is 12.0 Å². The summed E-state index contributed by atoms with van der Waals surface area (Å²) in [6, 6.07) is 0. The molecule has 1 amide bonds. The van der Waals surface area contributed by atoms with Crippen LogP contribution in [0.25, 0.3) is 0 Å². The van der Waals surface area contributed by atoms with Crippen molar-refractivity contribution >= 4 is 36.0 Å². The van der Waals surface area contributed by atoms with Crippen molar-refractivity contribution in [3.05, 3.63) is 0 Å². The lowest BCUT2D eigenvalue weighted by Crippen LogP contribution is -2.42. The number of carbonyl (C=O) groups is 1. The van der Waals surface area contributed by atoms with Crippen molar-refractivity contribution in [2.24, 2.45) is 10.4 Å². The van der Waals surface area contributed by atoms with Gasteiger partial charge in [0, 0.05) is 45.2 Å². The maximum atomic E-state index is 11.6. The van der Waals surface area contributed by atoms with Crippen molar-refractivity contribution in [2.45, 2.75) is 45.6 Å². The van der Waals surface area contributed by atoms with Gasteiger partial charge in [-0.15, -0.1) is 24.0 Å². The minimum atomic E-state index is -0.458. The zero-order valence-corrected chi connectivity index (χ0v) is 18.2. The summed E-state index contributed by atoms with van der Waals surface area (Å²) >= 11 is 0. The second-order valence-electron chi connectivity index (χ2n) is 7.73. The SMILES string of the molecule is CN=C(NCCCNC(=O)OC(C)(C)C)N1CCC2(CCOC2)C1.I. The molecule has 2 heterocycles. The van der Waals surface area contributed by atoms with Crippen LogP contribution in [0.3, 0.4) is 0 Å². The van der Waals surface area contributed by atoms with Gasteiger partial charge in [-0.25, -0.2) is 4.79 Å². The molecule has 2 fully saturated rings. The molecule has 0 radical (unpaired) electrons. The zero-order valence-electron chi connectivity index (χ0n) is 15.9. The van der Waals surface area contributed by atoms with Gasteiger partial charge in [-0.1, -0.05) is 0 Å². The van der Waals surface area contributed by atoms with E-state index in [-0.39, 0.29) is 30.1 Å². The molecule has 0 aliphatic carbocycles. The molecule has 7 nitrogen and oxygen atoms in total. The van der Waals surface area contributed by atoms with Crippen LogP contribution in [0.4, 0.5) is 4.79 Å². The molecule has 2 aliphatic rings. The molecule has 1 unspecified atom stereocenters. The summed E-state index contributed by atoms with van der Waals surface area (Å²) in [4.78, 5) is 18.3. The Labute approximate surface area is 168 Å². The molecule has 0 saturated carbocycles. The van der Waals surface area contributed by atoms with Crippen molar-refractivity contribution in [3.63, 3.8) is 0 Å². The number of likely N-dealkylation sites (tertiary alicyclic amines) is 1. The largest absolute Gasteiger partial charge is 0.444 e. The summed E-state index contributed by atoms with van der Waals surface area (Å²) in [7, 11) is 1.82. The van der Waals surface area contributed by atoms with Gasteiger partial charge in [-0.05, 0) is 40.0 Å². The van der Waals surface area contributed by atoms with E-state index in [1.807, 2.05) is 27.8 Å². The van der Waals surface area contributed by atoms with Crippen LogP contribution in [0.15, 0.2) is 4.99 Å². The first-order valence-electron chi connectivity index (χ1n) is 8.84. The molecule has 2 rings (SSSR count). The highest BCUT2D eigenvalue weighted by atomic mass is 127. The third-order valence-electron chi connectivity index (χ3n) is 4.44. The molecule has 8 heteroatoms. The molecule has 0 bridgehead atoms. The highest BCUT2D eigenvalue weighted by Gasteiger charge is 2.42. The minimum Gasteiger partial charge on any atom is -0.444 e. The van der Waals surface area contributed by atoms with E-state index in [1.165, 1.54) is 6.42 Å². The summed E-state index contributed by atoms with van der Waals surface area (Å²) < 4.78 is 10.8. The summed E-state index contributed by atoms with van der Waals surface area (Å²) in [5, 5.41) is 6.15. The van der Waals surface area contributed by atoms with Gasteiger partial charge in [0.15, 0.2) is 5.96 Å². The fraction of sp³-hybridized carbons (Fsp3) is 0.882. The first kappa shape index (κ1) is 22.3. The standard InChI is InChI=1S/C17H32N4O3.HI/c1-16(2,3)24-15(22)20-9-5-8-19-14(18-4)21-10-6-17(12-21)7-11-23-13-17;/h5-13H2,1-4H3,(H,18,19)(H,20,22);1H. The van der Waals surface area contributed by atoms with Crippen molar-refractivity contribution in [2.75, 3.05) is 46.4 Å². The van der Waals surface area contributed by atoms with Gasteiger partial charge in [0.05, 0.1) is 6.61 Å². The average Bonchev–Trinajstić information content (AvgIpc) is 3.12. The number of carbonyl (C=O) groups excluding carboxylic acids is 1. The third-order valence-corrected chi connectivity index (χ3v) is 4.44. The Morgan fingerprint density at radius 3 is 2.60 bits per heavy atom. The summed E-state index contributed by atoms with van der Waals surface area (Å²) in [5.41, 5.74) is -0.129. The number of alkyl carbamates (subject to hydrolysis) is 1. The van der Waals surface area contributed by atoms with E-state index in [4.69, 9.17) is 9.47 Å². The number of amides is 1. The molecule has 2 N–H and O–H groups in total. The van der Waals surface area contributed by atoms with E-state index >= 15 is 0 Å². The topological polar surface area (TPSA) is 75.2 Å². The predicted molar refractivity (Wildman–Crippen MR) is 110 cm³/mol. The zero-order chi connectivity index (χ0) is 17.6. The Hall–Kier alpha value is -0.770. The van der Waals surface area contributed by atoms with Gasteiger partial charge in [-0.2, -0.15) is 0 Å². The van der Waals surface area contributed by atoms with Gasteiger partial charge in [0.1, 0.15) is 5.60 Å². The van der Waals surface area contributed by atoms with Crippen molar-refractivity contribution in [1.29, 1.82) is 0 Å². The van der Waals surface area contributed by atoms with Crippen molar-refractivity contribution in [3.8, 4) is 0 Å². The molecule has 0 aromatic carbocycles. The Balaban J connectivity index is 0.00000312. The number of halogens is 1. The molecule has 25 heavy (non-hydrogen) atoms. The van der Waals surface area contributed by atoms with E-state index in [0.717, 1.165) is 51.6 Å². The molecule has 0 aromatic heterocycles. The number of aliphatic imine (C=N–C) groups is 1. The predicted octanol–water partition coefficient (Wildman–Crippen LogP) is 2.21. The number of hydrogen-bond acceptors (Lipinski definition) is 4. The number of ether oxygens (including phenoxy) is 2. The quantitative estimate of drug-likeness (QED) is 0.287. The normalized spacial score (nSPS) is 23.5. The minimum absolute atomic E-state index is 0. The van der Waals surface area contributed by atoms with Crippen LogP contribution in [0.2, 0.25) is 0 Å². The fourth-order valence-corrected chi connectivity index (χ4v) is 3.21. The molecule has 1 atom stereocenters. The van der Waals surface area contributed by atoms with Gasteiger partial charge in [-0.3, -0.25) is 4.99 Å². The lowest BCUT2D eigenvalue weighted by molar-refractivity contribution is 0.0527. The second-order valence-corrected chi connectivity index (χ2v) is 7.73. The Morgan fingerprint density at radius 1 is 1.28 bits per heavy atom. The van der Waals surface area contributed by atoms with Gasteiger partial charge in [0.25, 0.3) is 0 Å². The Bertz CT molecular complexity index is 459. The van der Waals surface area contributed by atoms with Crippen LogP contribution in [0, 0.1) is 5.41 Å². The molecule has 1 spiro atoms. The number of hydrogen-bond donors (Lipinski definition) is 2. The molecular formula is C17H33IN4O3. The second kappa shape index (κ2) is 9.80. The fourth-order valence-electron chi connectivity index (χ4n) is 3.21. The molecule has 2 saturated heterocycles. The molecule has 146 valence electrons. The first-order chi connectivity index (χ1) is 11.3. The third kappa shape index (κ3) is 7.16. The molecular weight excluding hydrogens is 435 g/mol. The Morgan fingerprint density at radius 2 is 2.00 bits per heavy atom. The first-order valence-corrected chi connectivity index (χ1v) is 8.84. The number of guanidine groups is 1. The Kier molecular flexibility index (Phi) is 8.73. The maximum Gasteiger partial charge on any atom is 0.407 e. The number of nitrogens with one attached hydrogen (secondary N) is 2. The van der Waals surface area contributed by atoms with Crippen LogP contribution in [-0.4, -0.2) is 69.0 Å². The maximum absolute atomic E-state index is 11.6. The van der Waals surface area contributed by atoms with Crippen LogP contribution < -0.4 is 10.6 Å². The van der Waals surface area contributed by atoms with Gasteiger partial charge < -0.3 is 25.0 Å². The van der Waals surface area contributed by atoms with Crippen LogP contribution >= 0.6 is 24.0 Å². The van der Waals surface area contributed by atoms with Crippen LogP contribution in [0.1, 0.15) is 40.0 Å². The number of nitrogens with zero attached hydrogens (tertiary/aromatic N) is 2. The molecule has 0 aromatic rings. The summed E-state index contributed by atoms with van der Waals surface area (Å²) in [6.45, 7) is 10.7. The highest BCUT2D eigenvalue weighted by Crippen LogP contribution is 2.38. The van der Waals surface area contributed by atoms with E-state index in [1.54, 1.807) is 0 Å². The van der Waals surface area contributed by atoms with Crippen LogP contribution in [0.5, 0.6) is 0 Å². The van der Waals surface area contributed by atoms with E-state index in [2.05, 4.69) is 20.5 Å². The van der Waals surface area contributed by atoms with Gasteiger partial charge in [0.2, 0.25) is 0 Å². The lowest BCUT2D eigenvalue weighted by Gasteiger charge is -2.25. The monoisotopic (exact) mass is 468 g/mol. The smallest absolute Gasteiger partial charge is 0.407 e.